The zero-order valence-electron chi connectivity index (χ0n) is 20.7. The van der Waals surface area contributed by atoms with E-state index in [4.69, 9.17) is 16.3 Å². The Bertz CT molecular complexity index is 1210. The summed E-state index contributed by atoms with van der Waals surface area (Å²) in [4.78, 5) is 34.7. The number of amides is 2. The van der Waals surface area contributed by atoms with E-state index in [2.05, 4.69) is 15.2 Å². The minimum atomic E-state index is -0.429. The number of halogens is 1. The highest BCUT2D eigenvalue weighted by Crippen LogP contribution is 2.31. The summed E-state index contributed by atoms with van der Waals surface area (Å²) in [5, 5.41) is 3.44. The van der Waals surface area contributed by atoms with Gasteiger partial charge in [-0.2, -0.15) is 0 Å². The number of rotatable bonds is 9. The van der Waals surface area contributed by atoms with Crippen molar-refractivity contribution in [1.82, 2.24) is 20.1 Å². The van der Waals surface area contributed by atoms with Crippen LogP contribution >= 0.6 is 11.6 Å². The number of pyridine rings is 1. The average molecular weight is 519 g/mol. The molecule has 1 N–H and O–H groups in total. The first-order valence-electron chi connectivity index (χ1n) is 12.8. The van der Waals surface area contributed by atoms with E-state index in [0.29, 0.717) is 61.7 Å². The van der Waals surface area contributed by atoms with Gasteiger partial charge in [0, 0.05) is 38.9 Å². The molecular formula is C29H31ClN4O3. The highest BCUT2D eigenvalue weighted by atomic mass is 35.5. The van der Waals surface area contributed by atoms with Gasteiger partial charge in [-0.05, 0) is 36.0 Å². The van der Waals surface area contributed by atoms with Crippen LogP contribution in [0.25, 0.3) is 0 Å². The molecule has 1 aliphatic carbocycles. The van der Waals surface area contributed by atoms with Crippen molar-refractivity contribution in [2.75, 3.05) is 32.8 Å². The first-order valence-corrected chi connectivity index (χ1v) is 13.1. The van der Waals surface area contributed by atoms with Crippen molar-refractivity contribution >= 4 is 23.4 Å². The molecule has 2 amide bonds. The Hall–Kier alpha value is -3.42. The van der Waals surface area contributed by atoms with E-state index in [1.165, 1.54) is 19.0 Å². The van der Waals surface area contributed by atoms with Crippen LogP contribution in [0.15, 0.2) is 72.9 Å². The lowest BCUT2D eigenvalue weighted by Gasteiger charge is -2.38. The number of hydrogen-bond donors (Lipinski definition) is 1. The minimum absolute atomic E-state index is 0.0485. The van der Waals surface area contributed by atoms with E-state index in [-0.39, 0.29) is 11.8 Å². The Morgan fingerprint density at radius 2 is 1.68 bits per heavy atom. The summed E-state index contributed by atoms with van der Waals surface area (Å²) in [6.45, 7) is 3.25. The van der Waals surface area contributed by atoms with Crippen LogP contribution in [-0.4, -0.2) is 59.4 Å². The van der Waals surface area contributed by atoms with Gasteiger partial charge >= 0.3 is 0 Å². The molecule has 1 atom stereocenters. The first-order chi connectivity index (χ1) is 18.1. The SMILES string of the molecule is O=C(NCc1ccccc1)[C@H](c1ccccc1)N1CCN(C(=O)c2cnc(OCC3CC3)c(Cl)c2)CC1. The number of carbonyl (C=O) groups is 2. The van der Waals surface area contributed by atoms with Crippen LogP contribution in [0.4, 0.5) is 0 Å². The molecule has 1 saturated heterocycles. The van der Waals surface area contributed by atoms with Gasteiger partial charge in [0.2, 0.25) is 11.8 Å². The van der Waals surface area contributed by atoms with Crippen LogP contribution in [0.5, 0.6) is 5.88 Å². The second kappa shape index (κ2) is 11.8. The third-order valence-corrected chi connectivity index (χ3v) is 7.12. The third kappa shape index (κ3) is 6.48. The second-order valence-corrected chi connectivity index (χ2v) is 10.0. The summed E-state index contributed by atoms with van der Waals surface area (Å²) < 4.78 is 5.68. The van der Waals surface area contributed by atoms with Crippen LogP contribution in [0.3, 0.4) is 0 Å². The highest BCUT2D eigenvalue weighted by molar-refractivity contribution is 6.32. The predicted octanol–water partition coefficient (Wildman–Crippen LogP) is 4.34. The largest absolute Gasteiger partial charge is 0.476 e. The number of ether oxygens (including phenoxy) is 1. The molecule has 8 heteroatoms. The fraction of sp³-hybridized carbons (Fsp3) is 0.345. The molecule has 37 heavy (non-hydrogen) atoms. The van der Waals surface area contributed by atoms with E-state index in [9.17, 15) is 9.59 Å². The summed E-state index contributed by atoms with van der Waals surface area (Å²) >= 11 is 6.35. The lowest BCUT2D eigenvalue weighted by molar-refractivity contribution is -0.127. The Kier molecular flexibility index (Phi) is 8.02. The topological polar surface area (TPSA) is 74.8 Å². The van der Waals surface area contributed by atoms with Crippen molar-refractivity contribution in [3.8, 4) is 5.88 Å². The molecule has 0 bridgehead atoms. The van der Waals surface area contributed by atoms with Gasteiger partial charge in [-0.1, -0.05) is 72.3 Å². The number of nitrogens with one attached hydrogen (secondary N) is 1. The third-order valence-electron chi connectivity index (χ3n) is 6.85. The van der Waals surface area contributed by atoms with Gasteiger partial charge in [0.05, 0.1) is 12.2 Å². The number of hydrogen-bond acceptors (Lipinski definition) is 5. The molecule has 2 aromatic carbocycles. The predicted molar refractivity (Wildman–Crippen MR) is 142 cm³/mol. The van der Waals surface area contributed by atoms with Crippen molar-refractivity contribution in [3.63, 3.8) is 0 Å². The fourth-order valence-corrected chi connectivity index (χ4v) is 4.76. The average Bonchev–Trinajstić information content (AvgIpc) is 3.77. The van der Waals surface area contributed by atoms with Gasteiger partial charge in [-0.3, -0.25) is 14.5 Å². The molecule has 5 rings (SSSR count). The maximum Gasteiger partial charge on any atom is 0.255 e. The summed E-state index contributed by atoms with van der Waals surface area (Å²) in [5.74, 6) is 0.804. The van der Waals surface area contributed by atoms with Crippen molar-refractivity contribution < 1.29 is 14.3 Å². The molecule has 0 radical (unpaired) electrons. The fourth-order valence-electron chi connectivity index (χ4n) is 4.54. The summed E-state index contributed by atoms with van der Waals surface area (Å²) in [5.41, 5.74) is 2.43. The van der Waals surface area contributed by atoms with Gasteiger partial charge in [0.25, 0.3) is 5.91 Å². The van der Waals surface area contributed by atoms with E-state index in [1.807, 2.05) is 60.7 Å². The number of carbonyl (C=O) groups excluding carboxylic acids is 2. The smallest absolute Gasteiger partial charge is 0.255 e. The molecule has 1 saturated carbocycles. The van der Waals surface area contributed by atoms with Crippen LogP contribution in [0, 0.1) is 5.92 Å². The zero-order chi connectivity index (χ0) is 25.6. The minimum Gasteiger partial charge on any atom is -0.476 e. The van der Waals surface area contributed by atoms with Gasteiger partial charge in [-0.15, -0.1) is 0 Å². The van der Waals surface area contributed by atoms with Gasteiger partial charge < -0.3 is 15.0 Å². The molecule has 1 aromatic heterocycles. The first kappa shape index (κ1) is 25.2. The molecule has 2 fully saturated rings. The molecule has 2 aliphatic rings. The van der Waals surface area contributed by atoms with Crippen LogP contribution < -0.4 is 10.1 Å². The maximum absolute atomic E-state index is 13.4. The summed E-state index contributed by atoms with van der Waals surface area (Å²) in [7, 11) is 0. The monoisotopic (exact) mass is 518 g/mol. The number of piperazine rings is 1. The lowest BCUT2D eigenvalue weighted by atomic mass is 10.0. The maximum atomic E-state index is 13.4. The Morgan fingerprint density at radius 3 is 2.32 bits per heavy atom. The van der Waals surface area contributed by atoms with Crippen LogP contribution in [0.1, 0.15) is 40.4 Å². The second-order valence-electron chi connectivity index (χ2n) is 9.61. The molecular weight excluding hydrogens is 488 g/mol. The molecule has 3 aromatic rings. The van der Waals surface area contributed by atoms with E-state index in [1.54, 1.807) is 11.0 Å². The zero-order valence-corrected chi connectivity index (χ0v) is 21.4. The van der Waals surface area contributed by atoms with E-state index in [0.717, 1.165) is 11.1 Å². The standard InChI is InChI=1S/C29H31ClN4O3/c30-25-17-24(19-32-28(25)37-20-22-11-12-22)29(36)34-15-13-33(14-16-34)26(23-9-5-2-6-10-23)27(35)31-18-21-7-3-1-4-8-21/h1-10,17,19,22,26H,11-16,18,20H2,(H,31,35)/t26-/m0/s1. The Balaban J connectivity index is 1.22. The normalized spacial score (nSPS) is 16.7. The number of nitrogens with zero attached hydrogens (tertiary/aromatic N) is 3. The Labute approximate surface area is 222 Å². The van der Waals surface area contributed by atoms with Crippen molar-refractivity contribution in [2.24, 2.45) is 5.92 Å². The quantitative estimate of drug-likeness (QED) is 0.456. The van der Waals surface area contributed by atoms with Crippen LogP contribution in [-0.2, 0) is 11.3 Å². The number of aromatic nitrogens is 1. The molecule has 1 aliphatic heterocycles. The molecule has 7 nitrogen and oxygen atoms in total. The van der Waals surface area contributed by atoms with Crippen molar-refractivity contribution in [1.29, 1.82) is 0 Å². The van der Waals surface area contributed by atoms with E-state index < -0.39 is 6.04 Å². The van der Waals surface area contributed by atoms with E-state index >= 15 is 0 Å². The lowest BCUT2D eigenvalue weighted by Crippen LogP contribution is -2.52. The molecule has 0 unspecified atom stereocenters. The molecule has 2 heterocycles. The van der Waals surface area contributed by atoms with Crippen LogP contribution in [0.2, 0.25) is 5.02 Å². The van der Waals surface area contributed by atoms with Gasteiger partial charge in [-0.25, -0.2) is 4.98 Å². The summed E-state index contributed by atoms with van der Waals surface area (Å²) in [6.07, 6.45) is 3.90. The molecule has 0 spiro atoms. The summed E-state index contributed by atoms with van der Waals surface area (Å²) in [6, 6.07) is 20.9. The van der Waals surface area contributed by atoms with Gasteiger partial charge in [0.15, 0.2) is 0 Å². The van der Waals surface area contributed by atoms with Crippen molar-refractivity contribution in [2.45, 2.75) is 25.4 Å². The van der Waals surface area contributed by atoms with Gasteiger partial charge in [0.1, 0.15) is 11.1 Å². The molecule has 192 valence electrons. The van der Waals surface area contributed by atoms with Crippen molar-refractivity contribution in [3.05, 3.63) is 94.6 Å². The highest BCUT2D eigenvalue weighted by Gasteiger charge is 2.32. The number of benzene rings is 2. The Morgan fingerprint density at radius 1 is 1.00 bits per heavy atom.